The van der Waals surface area contributed by atoms with Crippen LogP contribution in [0.1, 0.15) is 37.9 Å². The van der Waals surface area contributed by atoms with Crippen molar-refractivity contribution in [2.24, 2.45) is 0 Å². The molecule has 8 heteroatoms. The lowest BCUT2D eigenvalue weighted by Crippen LogP contribution is -2.25. The zero-order valence-electron chi connectivity index (χ0n) is 9.67. The normalized spacial score (nSPS) is 17.7. The van der Waals surface area contributed by atoms with E-state index in [2.05, 4.69) is 20.3 Å². The Morgan fingerprint density at radius 2 is 1.72 bits per heavy atom. The van der Waals surface area contributed by atoms with Crippen LogP contribution in [0, 0.1) is 0 Å². The molecule has 0 amide bonds. The van der Waals surface area contributed by atoms with E-state index in [9.17, 15) is 13.2 Å². The Balaban J connectivity index is 2.14. The number of rotatable bonds is 2. The molecule has 5 nitrogen and oxygen atoms in total. The van der Waals surface area contributed by atoms with Crippen molar-refractivity contribution in [3.05, 3.63) is 5.82 Å². The molecule has 0 atom stereocenters. The maximum absolute atomic E-state index is 12.5. The van der Waals surface area contributed by atoms with Crippen LogP contribution in [0.15, 0.2) is 0 Å². The standard InChI is InChI=1S/C10H14F3N5/c11-10(12,13)7-16-8(14)18-9(17-7)15-6-4-2-1-3-5-6/h6H,1-5H2,(H3,14,15,16,17,18). The van der Waals surface area contributed by atoms with Crippen LogP contribution in [0.3, 0.4) is 0 Å². The second-order valence-electron chi connectivity index (χ2n) is 4.32. The van der Waals surface area contributed by atoms with Crippen molar-refractivity contribution in [2.75, 3.05) is 11.1 Å². The highest BCUT2D eigenvalue weighted by Crippen LogP contribution is 2.27. The predicted octanol–water partition coefficient (Wildman–Crippen LogP) is 2.22. The highest BCUT2D eigenvalue weighted by atomic mass is 19.4. The third kappa shape index (κ3) is 3.21. The molecule has 0 bridgehead atoms. The van der Waals surface area contributed by atoms with Gasteiger partial charge in [-0.05, 0) is 12.8 Å². The van der Waals surface area contributed by atoms with Crippen LogP contribution in [0.2, 0.25) is 0 Å². The van der Waals surface area contributed by atoms with Gasteiger partial charge in [0.05, 0.1) is 0 Å². The first-order valence-electron chi connectivity index (χ1n) is 5.80. The molecule has 0 unspecified atom stereocenters. The molecule has 0 saturated heterocycles. The van der Waals surface area contributed by atoms with Crippen molar-refractivity contribution in [1.82, 2.24) is 15.0 Å². The van der Waals surface area contributed by atoms with Gasteiger partial charge in [0, 0.05) is 6.04 Å². The highest BCUT2D eigenvalue weighted by molar-refractivity contribution is 5.32. The maximum atomic E-state index is 12.5. The maximum Gasteiger partial charge on any atom is 0.451 e. The summed E-state index contributed by atoms with van der Waals surface area (Å²) in [6, 6.07) is 0.113. The molecule has 0 aromatic carbocycles. The Kier molecular flexibility index (Phi) is 3.53. The summed E-state index contributed by atoms with van der Waals surface area (Å²) in [7, 11) is 0. The molecule has 1 heterocycles. The molecule has 0 spiro atoms. The van der Waals surface area contributed by atoms with Crippen LogP contribution < -0.4 is 11.1 Å². The van der Waals surface area contributed by atoms with Crippen LogP contribution in [-0.4, -0.2) is 21.0 Å². The molecule has 0 radical (unpaired) electrons. The van der Waals surface area contributed by atoms with E-state index in [0.29, 0.717) is 0 Å². The van der Waals surface area contributed by atoms with Crippen LogP contribution >= 0.6 is 0 Å². The van der Waals surface area contributed by atoms with Crippen molar-refractivity contribution >= 4 is 11.9 Å². The summed E-state index contributed by atoms with van der Waals surface area (Å²) in [5, 5.41) is 2.89. The number of halogens is 3. The number of anilines is 2. The Hall–Kier alpha value is -1.60. The molecule has 1 aromatic heterocycles. The van der Waals surface area contributed by atoms with Gasteiger partial charge in [0.25, 0.3) is 0 Å². The number of nitrogens with two attached hydrogens (primary N) is 1. The quantitative estimate of drug-likeness (QED) is 0.853. The average molecular weight is 261 g/mol. The minimum Gasteiger partial charge on any atom is -0.368 e. The van der Waals surface area contributed by atoms with Gasteiger partial charge in [0.15, 0.2) is 0 Å². The highest BCUT2D eigenvalue weighted by Gasteiger charge is 2.35. The smallest absolute Gasteiger partial charge is 0.368 e. The predicted molar refractivity (Wildman–Crippen MR) is 59.7 cm³/mol. The number of nitrogen functional groups attached to an aromatic ring is 1. The molecule has 1 aliphatic carbocycles. The molecule has 3 N–H and O–H groups in total. The molecule has 1 aromatic rings. The lowest BCUT2D eigenvalue weighted by Gasteiger charge is -2.22. The van der Waals surface area contributed by atoms with Gasteiger partial charge in [-0.15, -0.1) is 0 Å². The van der Waals surface area contributed by atoms with E-state index in [-0.39, 0.29) is 12.0 Å². The van der Waals surface area contributed by atoms with Crippen LogP contribution in [0.25, 0.3) is 0 Å². The second-order valence-corrected chi connectivity index (χ2v) is 4.32. The molecule has 100 valence electrons. The summed E-state index contributed by atoms with van der Waals surface area (Å²) >= 11 is 0. The van der Waals surface area contributed by atoms with E-state index in [0.717, 1.165) is 32.1 Å². The topological polar surface area (TPSA) is 76.7 Å². The number of aromatic nitrogens is 3. The first kappa shape index (κ1) is 12.8. The van der Waals surface area contributed by atoms with E-state index < -0.39 is 17.9 Å². The number of alkyl halides is 3. The summed E-state index contributed by atoms with van der Waals surface area (Å²) in [5.41, 5.74) is 5.26. The fraction of sp³-hybridized carbons (Fsp3) is 0.700. The fourth-order valence-corrected chi connectivity index (χ4v) is 2.01. The number of nitrogens with zero attached hydrogens (tertiary/aromatic N) is 3. The average Bonchev–Trinajstić information content (AvgIpc) is 2.28. The third-order valence-electron chi connectivity index (χ3n) is 2.84. The number of hydrogen-bond acceptors (Lipinski definition) is 5. The zero-order chi connectivity index (χ0) is 13.2. The monoisotopic (exact) mass is 261 g/mol. The number of hydrogen-bond donors (Lipinski definition) is 2. The van der Waals surface area contributed by atoms with Crippen molar-refractivity contribution < 1.29 is 13.2 Å². The van der Waals surface area contributed by atoms with Crippen molar-refractivity contribution in [3.8, 4) is 0 Å². The summed E-state index contributed by atoms with van der Waals surface area (Å²) in [5.74, 6) is -1.77. The SMILES string of the molecule is Nc1nc(NC2CCCCC2)nc(C(F)(F)F)n1. The van der Waals surface area contributed by atoms with E-state index >= 15 is 0 Å². The number of nitrogens with one attached hydrogen (secondary N) is 1. The fourth-order valence-electron chi connectivity index (χ4n) is 2.01. The van der Waals surface area contributed by atoms with E-state index in [1.165, 1.54) is 0 Å². The first-order chi connectivity index (χ1) is 8.45. The molecule has 1 saturated carbocycles. The van der Waals surface area contributed by atoms with Gasteiger partial charge >= 0.3 is 6.18 Å². The summed E-state index contributed by atoms with van der Waals surface area (Å²) < 4.78 is 37.5. The van der Waals surface area contributed by atoms with Crippen molar-refractivity contribution in [3.63, 3.8) is 0 Å². The summed E-state index contributed by atoms with van der Waals surface area (Å²) in [4.78, 5) is 10.1. The minimum atomic E-state index is -4.61. The molecule has 2 rings (SSSR count). The van der Waals surface area contributed by atoms with Gasteiger partial charge < -0.3 is 11.1 Å². The molecule has 1 fully saturated rings. The molecular formula is C10H14F3N5. The lowest BCUT2D eigenvalue weighted by atomic mass is 9.96. The minimum absolute atomic E-state index is 0.0956. The van der Waals surface area contributed by atoms with Crippen LogP contribution in [0.5, 0.6) is 0 Å². The molecule has 0 aliphatic heterocycles. The van der Waals surface area contributed by atoms with E-state index in [4.69, 9.17) is 5.73 Å². The molecule has 1 aliphatic rings. The second kappa shape index (κ2) is 4.95. The Morgan fingerprint density at radius 1 is 1.06 bits per heavy atom. The molecule has 18 heavy (non-hydrogen) atoms. The van der Waals surface area contributed by atoms with Gasteiger partial charge in [0.2, 0.25) is 17.7 Å². The van der Waals surface area contributed by atoms with Gasteiger partial charge in [0.1, 0.15) is 0 Å². The first-order valence-corrected chi connectivity index (χ1v) is 5.80. The van der Waals surface area contributed by atoms with Gasteiger partial charge in [-0.2, -0.15) is 28.1 Å². The summed E-state index contributed by atoms with van der Waals surface area (Å²) in [6.45, 7) is 0. The van der Waals surface area contributed by atoms with Crippen molar-refractivity contribution in [1.29, 1.82) is 0 Å². The van der Waals surface area contributed by atoms with Crippen LogP contribution in [0.4, 0.5) is 25.1 Å². The zero-order valence-corrected chi connectivity index (χ0v) is 9.67. The summed E-state index contributed by atoms with van der Waals surface area (Å²) in [6.07, 6.45) is 0.486. The van der Waals surface area contributed by atoms with Crippen LogP contribution in [-0.2, 0) is 6.18 Å². The largest absolute Gasteiger partial charge is 0.451 e. The Labute approximate surface area is 102 Å². The Bertz CT molecular complexity index is 414. The van der Waals surface area contributed by atoms with E-state index in [1.807, 2.05) is 0 Å². The van der Waals surface area contributed by atoms with Crippen molar-refractivity contribution in [2.45, 2.75) is 44.3 Å². The lowest BCUT2D eigenvalue weighted by molar-refractivity contribution is -0.144. The van der Waals surface area contributed by atoms with Gasteiger partial charge in [-0.25, -0.2) is 0 Å². The Morgan fingerprint density at radius 3 is 2.33 bits per heavy atom. The van der Waals surface area contributed by atoms with Gasteiger partial charge in [-0.3, -0.25) is 0 Å². The molecular weight excluding hydrogens is 247 g/mol. The van der Waals surface area contributed by atoms with E-state index in [1.54, 1.807) is 0 Å². The van der Waals surface area contributed by atoms with Gasteiger partial charge in [-0.1, -0.05) is 19.3 Å². The third-order valence-corrected chi connectivity index (χ3v) is 2.84.